The van der Waals surface area contributed by atoms with Crippen molar-refractivity contribution in [2.24, 2.45) is 0 Å². The zero-order valence-corrected chi connectivity index (χ0v) is 14.5. The van der Waals surface area contributed by atoms with Gasteiger partial charge in [-0.25, -0.2) is 8.42 Å². The molecule has 0 aromatic heterocycles. The van der Waals surface area contributed by atoms with Crippen LogP contribution in [0.3, 0.4) is 0 Å². The normalized spacial score (nSPS) is 19.3. The van der Waals surface area contributed by atoms with Crippen molar-refractivity contribution in [3.05, 3.63) is 28.2 Å². The van der Waals surface area contributed by atoms with Crippen LogP contribution in [0.15, 0.2) is 18.2 Å². The highest BCUT2D eigenvalue weighted by Gasteiger charge is 2.31. The first-order valence-electron chi connectivity index (χ1n) is 6.93. The number of halogens is 2. The van der Waals surface area contributed by atoms with Crippen molar-refractivity contribution in [1.29, 1.82) is 0 Å². The summed E-state index contributed by atoms with van der Waals surface area (Å²) < 4.78 is 22.5. The fourth-order valence-electron chi connectivity index (χ4n) is 2.53. The molecule has 2 rings (SSSR count). The Morgan fingerprint density at radius 1 is 1.32 bits per heavy atom. The molecule has 1 aliphatic rings. The van der Waals surface area contributed by atoms with Crippen molar-refractivity contribution in [2.45, 2.75) is 18.9 Å². The van der Waals surface area contributed by atoms with Gasteiger partial charge in [0, 0.05) is 28.5 Å². The molecule has 1 atom stereocenters. The van der Waals surface area contributed by atoms with Crippen LogP contribution in [0.25, 0.3) is 0 Å². The highest BCUT2D eigenvalue weighted by atomic mass is 35.5. The Morgan fingerprint density at radius 3 is 2.55 bits per heavy atom. The minimum absolute atomic E-state index is 0.0553. The monoisotopic (exact) mass is 364 g/mol. The lowest BCUT2D eigenvalue weighted by Crippen LogP contribution is -2.41. The molecule has 0 bridgehead atoms. The second-order valence-corrected chi connectivity index (χ2v) is 8.60. The van der Waals surface area contributed by atoms with Gasteiger partial charge in [-0.05, 0) is 37.6 Å². The second kappa shape index (κ2) is 7.17. The molecule has 0 radical (unpaired) electrons. The molecule has 1 fully saturated rings. The lowest BCUT2D eigenvalue weighted by atomic mass is 10.2. The first-order chi connectivity index (χ1) is 10.2. The minimum Gasteiger partial charge on any atom is -0.325 e. The zero-order valence-electron chi connectivity index (χ0n) is 12.2. The average Bonchev–Trinajstić information content (AvgIpc) is 2.82. The van der Waals surface area contributed by atoms with Crippen LogP contribution in [0.2, 0.25) is 10.0 Å². The third-order valence-corrected chi connectivity index (χ3v) is 4.91. The topological polar surface area (TPSA) is 66.5 Å². The molecule has 1 aromatic rings. The van der Waals surface area contributed by atoms with Crippen LogP contribution >= 0.6 is 23.2 Å². The Labute approximate surface area is 140 Å². The molecule has 8 heteroatoms. The van der Waals surface area contributed by atoms with Crippen LogP contribution in [-0.4, -0.2) is 50.4 Å². The molecule has 1 saturated heterocycles. The summed E-state index contributed by atoms with van der Waals surface area (Å²) in [6, 6.07) is 4.52. The highest BCUT2D eigenvalue weighted by Crippen LogP contribution is 2.24. The van der Waals surface area contributed by atoms with Gasteiger partial charge >= 0.3 is 0 Å². The van der Waals surface area contributed by atoms with E-state index < -0.39 is 9.84 Å². The summed E-state index contributed by atoms with van der Waals surface area (Å²) in [5, 5.41) is 3.69. The number of hydrogen-bond donors (Lipinski definition) is 1. The highest BCUT2D eigenvalue weighted by molar-refractivity contribution is 7.90. The van der Waals surface area contributed by atoms with E-state index in [2.05, 4.69) is 5.32 Å². The van der Waals surface area contributed by atoms with Gasteiger partial charge < -0.3 is 5.32 Å². The van der Waals surface area contributed by atoms with E-state index in [9.17, 15) is 13.2 Å². The number of nitrogens with one attached hydrogen (secondary N) is 1. The van der Waals surface area contributed by atoms with E-state index in [1.54, 1.807) is 18.2 Å². The lowest BCUT2D eigenvalue weighted by Gasteiger charge is -2.23. The Morgan fingerprint density at radius 2 is 1.95 bits per heavy atom. The second-order valence-electron chi connectivity index (χ2n) is 5.47. The predicted molar refractivity (Wildman–Crippen MR) is 89.4 cm³/mol. The molecule has 1 aromatic carbocycles. The van der Waals surface area contributed by atoms with Crippen molar-refractivity contribution in [1.82, 2.24) is 4.90 Å². The molecule has 1 aliphatic heterocycles. The molecule has 0 aliphatic carbocycles. The molecule has 5 nitrogen and oxygen atoms in total. The third-order valence-electron chi connectivity index (χ3n) is 3.55. The summed E-state index contributed by atoms with van der Waals surface area (Å²) >= 11 is 11.8. The van der Waals surface area contributed by atoms with E-state index in [0.29, 0.717) is 28.7 Å². The van der Waals surface area contributed by atoms with E-state index in [-0.39, 0.29) is 17.7 Å². The maximum Gasteiger partial charge on any atom is 0.241 e. The van der Waals surface area contributed by atoms with E-state index in [4.69, 9.17) is 23.2 Å². The summed E-state index contributed by atoms with van der Waals surface area (Å²) in [7, 11) is -3.04. The van der Waals surface area contributed by atoms with Gasteiger partial charge in [0.25, 0.3) is 0 Å². The number of hydrogen-bond acceptors (Lipinski definition) is 4. The van der Waals surface area contributed by atoms with E-state index in [1.165, 1.54) is 6.26 Å². The number of likely N-dealkylation sites (tertiary alicyclic amines) is 1. The molecular weight excluding hydrogens is 347 g/mol. The van der Waals surface area contributed by atoms with Crippen LogP contribution in [-0.2, 0) is 14.6 Å². The van der Waals surface area contributed by atoms with Gasteiger partial charge in [-0.1, -0.05) is 23.2 Å². The molecule has 1 N–H and O–H groups in total. The Bertz CT molecular complexity index is 644. The van der Waals surface area contributed by atoms with Crippen LogP contribution in [0.1, 0.15) is 12.8 Å². The molecule has 22 heavy (non-hydrogen) atoms. The number of rotatable bonds is 5. The van der Waals surface area contributed by atoms with Gasteiger partial charge in [0.15, 0.2) is 0 Å². The maximum atomic E-state index is 12.4. The van der Waals surface area contributed by atoms with Gasteiger partial charge in [0.05, 0.1) is 11.8 Å². The summed E-state index contributed by atoms with van der Waals surface area (Å²) in [5.41, 5.74) is 0.539. The Hall–Kier alpha value is -0.820. The first kappa shape index (κ1) is 17.5. The number of amides is 1. The summed E-state index contributed by atoms with van der Waals surface area (Å²) in [6.07, 6.45) is 2.79. The molecule has 122 valence electrons. The van der Waals surface area contributed by atoms with Crippen LogP contribution < -0.4 is 5.32 Å². The van der Waals surface area contributed by atoms with Crippen molar-refractivity contribution in [2.75, 3.05) is 30.4 Å². The first-order valence-corrected chi connectivity index (χ1v) is 9.75. The van der Waals surface area contributed by atoms with Gasteiger partial charge in [-0.15, -0.1) is 0 Å². The molecule has 0 unspecified atom stereocenters. The zero-order chi connectivity index (χ0) is 16.3. The summed E-state index contributed by atoms with van der Waals surface area (Å²) in [6.45, 7) is 1.09. The van der Waals surface area contributed by atoms with Gasteiger partial charge in [0.1, 0.15) is 9.84 Å². The van der Waals surface area contributed by atoms with Crippen molar-refractivity contribution in [3.63, 3.8) is 0 Å². The van der Waals surface area contributed by atoms with E-state index in [0.717, 1.165) is 13.0 Å². The molecule has 0 spiro atoms. The predicted octanol–water partition coefficient (Wildman–Crippen LogP) is 2.44. The fourth-order valence-corrected chi connectivity index (χ4v) is 3.62. The minimum atomic E-state index is -3.04. The fraction of sp³-hybridized carbons (Fsp3) is 0.500. The molecule has 1 amide bonds. The van der Waals surface area contributed by atoms with Crippen LogP contribution in [0.5, 0.6) is 0 Å². The number of anilines is 1. The van der Waals surface area contributed by atoms with Crippen LogP contribution in [0, 0.1) is 0 Å². The Kier molecular flexibility index (Phi) is 5.71. The van der Waals surface area contributed by atoms with Crippen LogP contribution in [0.4, 0.5) is 5.69 Å². The van der Waals surface area contributed by atoms with Crippen molar-refractivity contribution < 1.29 is 13.2 Å². The summed E-state index contributed by atoms with van der Waals surface area (Å²) in [5.74, 6) is -0.107. The average molecular weight is 365 g/mol. The SMILES string of the molecule is CS(=O)(=O)CCN1CCC[C@@H]1C(=O)Nc1cc(Cl)cc(Cl)c1. The third kappa shape index (κ3) is 5.12. The number of benzene rings is 1. The largest absolute Gasteiger partial charge is 0.325 e. The smallest absolute Gasteiger partial charge is 0.241 e. The molecular formula is C14H18Cl2N2O3S. The number of nitrogens with zero attached hydrogens (tertiary/aromatic N) is 1. The number of carbonyl (C=O) groups excluding carboxylic acids is 1. The standard InChI is InChI=1S/C14H18Cl2N2O3S/c1-22(20,21)6-5-18-4-2-3-13(18)14(19)17-12-8-10(15)7-11(16)9-12/h7-9,13H,2-6H2,1H3,(H,17,19)/t13-/m1/s1. The molecule has 1 heterocycles. The van der Waals surface area contributed by atoms with E-state index >= 15 is 0 Å². The van der Waals surface area contributed by atoms with Gasteiger partial charge in [-0.3, -0.25) is 9.69 Å². The lowest BCUT2D eigenvalue weighted by molar-refractivity contribution is -0.120. The maximum absolute atomic E-state index is 12.4. The van der Waals surface area contributed by atoms with Crippen molar-refractivity contribution in [3.8, 4) is 0 Å². The van der Waals surface area contributed by atoms with Gasteiger partial charge in [-0.2, -0.15) is 0 Å². The molecule has 0 saturated carbocycles. The number of sulfone groups is 1. The Balaban J connectivity index is 2.01. The van der Waals surface area contributed by atoms with E-state index in [1.807, 2.05) is 4.90 Å². The van der Waals surface area contributed by atoms with Crippen molar-refractivity contribution >= 4 is 44.6 Å². The summed E-state index contributed by atoms with van der Waals surface area (Å²) in [4.78, 5) is 14.3. The quantitative estimate of drug-likeness (QED) is 0.871. The number of carbonyl (C=O) groups is 1. The van der Waals surface area contributed by atoms with Gasteiger partial charge in [0.2, 0.25) is 5.91 Å².